The predicted octanol–water partition coefficient (Wildman–Crippen LogP) is 14.0. The van der Waals surface area contributed by atoms with Gasteiger partial charge in [0.1, 0.15) is 5.82 Å². The SMILES string of the molecule is C1=CC2C(c3ccc4cc(-n5c(-c6ccccc6)nc6ccccc65)ccc4c3)=CC=C3c4c(c(-c5ccccc5)c5ccccc5c4-c4ccccc4)C(=C1)C32. The first-order valence-electron chi connectivity index (χ1n) is 19.9. The van der Waals surface area contributed by atoms with E-state index in [4.69, 9.17) is 4.98 Å². The van der Waals surface area contributed by atoms with Crippen LogP contribution in [-0.4, -0.2) is 9.55 Å². The van der Waals surface area contributed by atoms with E-state index >= 15 is 0 Å². The monoisotopic (exact) mass is 724 g/mol. The van der Waals surface area contributed by atoms with Crippen molar-refractivity contribution in [3.63, 3.8) is 0 Å². The lowest BCUT2D eigenvalue weighted by Gasteiger charge is -2.32. The number of rotatable bonds is 5. The van der Waals surface area contributed by atoms with Gasteiger partial charge < -0.3 is 0 Å². The van der Waals surface area contributed by atoms with E-state index in [1.807, 2.05) is 0 Å². The molecule has 0 aliphatic heterocycles. The summed E-state index contributed by atoms with van der Waals surface area (Å²) < 4.78 is 2.29. The summed E-state index contributed by atoms with van der Waals surface area (Å²) in [4.78, 5) is 5.09. The molecule has 8 aromatic carbocycles. The van der Waals surface area contributed by atoms with Crippen LogP contribution >= 0.6 is 0 Å². The number of fused-ring (bicyclic) bond motifs is 6. The molecule has 2 nitrogen and oxygen atoms in total. The van der Waals surface area contributed by atoms with Crippen LogP contribution in [0.2, 0.25) is 0 Å². The molecule has 12 rings (SSSR count). The molecule has 57 heavy (non-hydrogen) atoms. The highest BCUT2D eigenvalue weighted by molar-refractivity contribution is 6.19. The van der Waals surface area contributed by atoms with E-state index in [1.54, 1.807) is 0 Å². The number of allylic oxidation sites excluding steroid dienone is 8. The van der Waals surface area contributed by atoms with Crippen LogP contribution in [0.4, 0.5) is 0 Å². The number of benzene rings is 8. The lowest BCUT2D eigenvalue weighted by Crippen LogP contribution is -2.18. The minimum atomic E-state index is 0.218. The number of para-hydroxylation sites is 2. The van der Waals surface area contributed by atoms with Crippen molar-refractivity contribution in [3.8, 4) is 39.3 Å². The molecule has 0 fully saturated rings. The van der Waals surface area contributed by atoms with Gasteiger partial charge in [0.05, 0.1) is 11.0 Å². The summed E-state index contributed by atoms with van der Waals surface area (Å²) in [6.07, 6.45) is 12.0. The van der Waals surface area contributed by atoms with E-state index in [-0.39, 0.29) is 11.8 Å². The van der Waals surface area contributed by atoms with Crippen LogP contribution in [0.1, 0.15) is 16.7 Å². The van der Waals surface area contributed by atoms with Gasteiger partial charge in [-0.15, -0.1) is 0 Å². The highest BCUT2D eigenvalue weighted by Gasteiger charge is 2.44. The Kier molecular flexibility index (Phi) is 7.09. The summed E-state index contributed by atoms with van der Waals surface area (Å²) in [6, 6.07) is 63.8. The number of nitrogens with zero attached hydrogens (tertiary/aromatic N) is 2. The third-order valence-corrected chi connectivity index (χ3v) is 12.4. The Balaban J connectivity index is 1.01. The molecular formula is C55H36N2. The molecule has 266 valence electrons. The highest BCUT2D eigenvalue weighted by atomic mass is 15.1. The zero-order chi connectivity index (χ0) is 37.5. The van der Waals surface area contributed by atoms with E-state index in [2.05, 4.69) is 211 Å². The van der Waals surface area contributed by atoms with Crippen molar-refractivity contribution in [1.29, 1.82) is 0 Å². The van der Waals surface area contributed by atoms with Crippen molar-refractivity contribution in [1.82, 2.24) is 9.55 Å². The van der Waals surface area contributed by atoms with Gasteiger partial charge in [-0.3, -0.25) is 4.57 Å². The maximum Gasteiger partial charge on any atom is 0.145 e. The quantitative estimate of drug-likeness (QED) is 0.173. The van der Waals surface area contributed by atoms with E-state index in [1.165, 1.54) is 77.2 Å². The molecule has 0 amide bonds. The third-order valence-electron chi connectivity index (χ3n) is 12.4. The Morgan fingerprint density at radius 1 is 0.421 bits per heavy atom. The summed E-state index contributed by atoms with van der Waals surface area (Å²) in [5, 5.41) is 5.04. The van der Waals surface area contributed by atoms with E-state index < -0.39 is 0 Å². The van der Waals surface area contributed by atoms with Gasteiger partial charge in [-0.1, -0.05) is 176 Å². The van der Waals surface area contributed by atoms with Crippen LogP contribution in [0.3, 0.4) is 0 Å². The van der Waals surface area contributed by atoms with Crippen molar-refractivity contribution < 1.29 is 0 Å². The van der Waals surface area contributed by atoms with Gasteiger partial charge in [0.15, 0.2) is 0 Å². The molecule has 0 radical (unpaired) electrons. The average molecular weight is 725 g/mol. The molecule has 0 bridgehead atoms. The van der Waals surface area contributed by atoms with Crippen LogP contribution in [0.25, 0.3) is 88.6 Å². The largest absolute Gasteiger partial charge is 0.292 e. The molecule has 0 saturated carbocycles. The van der Waals surface area contributed by atoms with Gasteiger partial charge in [-0.05, 0) is 108 Å². The van der Waals surface area contributed by atoms with Crippen molar-refractivity contribution in [2.45, 2.75) is 0 Å². The molecule has 1 heterocycles. The van der Waals surface area contributed by atoms with E-state index in [0.29, 0.717) is 0 Å². The minimum absolute atomic E-state index is 0.218. The average Bonchev–Trinajstić information content (AvgIpc) is 3.83. The Morgan fingerprint density at radius 3 is 1.68 bits per heavy atom. The summed E-state index contributed by atoms with van der Waals surface area (Å²) in [5.41, 5.74) is 17.7. The molecule has 0 spiro atoms. The van der Waals surface area contributed by atoms with Crippen LogP contribution in [0.15, 0.2) is 206 Å². The van der Waals surface area contributed by atoms with E-state index in [0.717, 1.165) is 28.1 Å². The lowest BCUT2D eigenvalue weighted by molar-refractivity contribution is 0.726. The van der Waals surface area contributed by atoms with Gasteiger partial charge in [0, 0.05) is 23.1 Å². The highest BCUT2D eigenvalue weighted by Crippen LogP contribution is 2.61. The van der Waals surface area contributed by atoms with Gasteiger partial charge in [0.25, 0.3) is 0 Å². The van der Waals surface area contributed by atoms with Crippen molar-refractivity contribution in [3.05, 3.63) is 223 Å². The second kappa shape index (κ2) is 12.6. The molecule has 3 aliphatic carbocycles. The van der Waals surface area contributed by atoms with Crippen LogP contribution in [-0.2, 0) is 0 Å². The molecule has 2 atom stereocenters. The van der Waals surface area contributed by atoms with Crippen molar-refractivity contribution in [2.75, 3.05) is 0 Å². The maximum absolute atomic E-state index is 5.09. The Bertz CT molecular complexity index is 3210. The lowest BCUT2D eigenvalue weighted by atomic mass is 9.71. The number of aromatic nitrogens is 2. The Labute approximate surface area is 331 Å². The standard InChI is InChI=1S/C55H36N2/c1-4-15-35(16-5-1)50-44-21-10-11-22-45(44)51(36-17-6-2-7-18-36)54-47-32-31-42(43-23-14-24-46(52(43)47)53(50)54)40-28-27-39-34-41(30-29-38(39)33-40)57-49-26-13-12-25-48(49)56-55(57)37-19-8-3-9-20-37/h1-34,43,52H. The number of hydrogen-bond donors (Lipinski definition) is 0. The summed E-state index contributed by atoms with van der Waals surface area (Å²) >= 11 is 0. The topological polar surface area (TPSA) is 17.8 Å². The predicted molar refractivity (Wildman–Crippen MR) is 239 cm³/mol. The normalized spacial score (nSPS) is 16.7. The second-order valence-corrected chi connectivity index (χ2v) is 15.4. The fourth-order valence-corrected chi connectivity index (χ4v) is 9.94. The Hall–Kier alpha value is -7.29. The van der Waals surface area contributed by atoms with Crippen LogP contribution in [0.5, 0.6) is 0 Å². The Morgan fingerprint density at radius 2 is 0.982 bits per heavy atom. The molecular weight excluding hydrogens is 689 g/mol. The third kappa shape index (κ3) is 4.87. The first-order valence-corrected chi connectivity index (χ1v) is 19.9. The first-order chi connectivity index (χ1) is 28.3. The molecule has 0 saturated heterocycles. The maximum atomic E-state index is 5.09. The van der Waals surface area contributed by atoms with Gasteiger partial charge in [-0.25, -0.2) is 4.98 Å². The molecule has 2 heteroatoms. The molecule has 1 aromatic heterocycles. The number of imidazole rings is 1. The fourth-order valence-electron chi connectivity index (χ4n) is 9.94. The minimum Gasteiger partial charge on any atom is -0.292 e. The first kappa shape index (κ1) is 32.0. The van der Waals surface area contributed by atoms with Gasteiger partial charge in [-0.2, -0.15) is 0 Å². The van der Waals surface area contributed by atoms with Gasteiger partial charge in [0.2, 0.25) is 0 Å². The van der Waals surface area contributed by atoms with Crippen molar-refractivity contribution >= 4 is 49.3 Å². The van der Waals surface area contributed by atoms with Gasteiger partial charge >= 0.3 is 0 Å². The molecule has 9 aromatic rings. The zero-order valence-corrected chi connectivity index (χ0v) is 31.2. The fraction of sp³-hybridized carbons (Fsp3) is 0.0364. The van der Waals surface area contributed by atoms with E-state index in [9.17, 15) is 0 Å². The van der Waals surface area contributed by atoms with Crippen LogP contribution < -0.4 is 0 Å². The summed E-state index contributed by atoms with van der Waals surface area (Å²) in [6.45, 7) is 0. The summed E-state index contributed by atoms with van der Waals surface area (Å²) in [5.74, 6) is 1.40. The smallest absolute Gasteiger partial charge is 0.145 e. The number of hydrogen-bond acceptors (Lipinski definition) is 1. The van der Waals surface area contributed by atoms with Crippen molar-refractivity contribution in [2.24, 2.45) is 11.8 Å². The molecule has 2 unspecified atom stereocenters. The molecule has 3 aliphatic rings. The second-order valence-electron chi connectivity index (χ2n) is 15.4. The van der Waals surface area contributed by atoms with Crippen LogP contribution in [0, 0.1) is 11.8 Å². The zero-order valence-electron chi connectivity index (χ0n) is 31.2. The summed E-state index contributed by atoms with van der Waals surface area (Å²) in [7, 11) is 0. The molecule has 0 N–H and O–H groups in total.